The van der Waals surface area contributed by atoms with Crippen LogP contribution in [0.2, 0.25) is 0 Å². The molecule has 0 atom stereocenters. The zero-order chi connectivity index (χ0) is 21.6. The zero-order valence-corrected chi connectivity index (χ0v) is 17.3. The van der Waals surface area contributed by atoms with Crippen molar-refractivity contribution in [1.29, 1.82) is 0 Å². The fourth-order valence-corrected chi connectivity index (χ4v) is 3.47. The molecule has 0 aliphatic carbocycles. The van der Waals surface area contributed by atoms with Crippen molar-refractivity contribution in [1.82, 2.24) is 14.8 Å². The molecule has 6 heteroatoms. The summed E-state index contributed by atoms with van der Waals surface area (Å²) in [6.07, 6.45) is 1.38. The van der Waals surface area contributed by atoms with Gasteiger partial charge in [0, 0.05) is 16.8 Å². The maximum absolute atomic E-state index is 12.9. The summed E-state index contributed by atoms with van der Waals surface area (Å²) >= 11 is 0. The van der Waals surface area contributed by atoms with Crippen LogP contribution in [0.4, 0.5) is 0 Å². The minimum absolute atomic E-state index is 0.153. The van der Waals surface area contributed by atoms with Gasteiger partial charge in [0.2, 0.25) is 0 Å². The number of hydrogen-bond acceptors (Lipinski definition) is 5. The van der Waals surface area contributed by atoms with Gasteiger partial charge < -0.3 is 4.74 Å². The molecule has 4 rings (SSSR count). The molecule has 0 saturated carbocycles. The molecular formula is C25H23N3O3. The van der Waals surface area contributed by atoms with E-state index >= 15 is 0 Å². The minimum atomic E-state index is -0.532. The van der Waals surface area contributed by atoms with E-state index in [1.165, 1.54) is 4.68 Å². The zero-order valence-electron chi connectivity index (χ0n) is 17.3. The van der Waals surface area contributed by atoms with E-state index in [0.717, 1.165) is 23.4 Å². The highest BCUT2D eigenvalue weighted by molar-refractivity contribution is 6.02. The number of esters is 1. The summed E-state index contributed by atoms with van der Waals surface area (Å²) in [5, 5.41) is 5.31. The van der Waals surface area contributed by atoms with Gasteiger partial charge in [0.15, 0.2) is 5.69 Å². The predicted octanol–water partition coefficient (Wildman–Crippen LogP) is 3.94. The van der Waals surface area contributed by atoms with Crippen LogP contribution in [0.1, 0.15) is 33.9 Å². The van der Waals surface area contributed by atoms with Crippen molar-refractivity contribution in [3.63, 3.8) is 0 Å². The first-order chi connectivity index (χ1) is 15.1. The second kappa shape index (κ2) is 9.34. The number of pyridine rings is 1. The van der Waals surface area contributed by atoms with Gasteiger partial charge in [-0.25, -0.2) is 9.48 Å². The number of aromatic nitrogens is 3. The average molecular weight is 413 g/mol. The van der Waals surface area contributed by atoms with Gasteiger partial charge in [0.1, 0.15) is 0 Å². The Kier molecular flexibility index (Phi) is 6.17. The quantitative estimate of drug-likeness (QED) is 0.339. The van der Waals surface area contributed by atoms with E-state index in [0.29, 0.717) is 17.2 Å². The fraction of sp³-hybridized carbons (Fsp3) is 0.200. The van der Waals surface area contributed by atoms with E-state index in [9.17, 15) is 9.59 Å². The van der Waals surface area contributed by atoms with Crippen LogP contribution in [-0.2, 0) is 17.7 Å². The molecule has 0 bridgehead atoms. The normalized spacial score (nSPS) is 10.9. The molecule has 156 valence electrons. The van der Waals surface area contributed by atoms with Crippen molar-refractivity contribution in [2.75, 3.05) is 6.61 Å². The van der Waals surface area contributed by atoms with Crippen LogP contribution in [-0.4, -0.2) is 27.3 Å². The molecule has 0 amide bonds. The fourth-order valence-electron chi connectivity index (χ4n) is 3.47. The molecule has 0 spiro atoms. The molecule has 0 aliphatic rings. The second-order valence-electron chi connectivity index (χ2n) is 7.35. The molecule has 2 heterocycles. The largest absolute Gasteiger partial charge is 0.461 e. The highest BCUT2D eigenvalue weighted by atomic mass is 16.5. The van der Waals surface area contributed by atoms with Crippen molar-refractivity contribution < 1.29 is 9.53 Å². The van der Waals surface area contributed by atoms with Gasteiger partial charge in [-0.05, 0) is 43.5 Å². The number of carbonyl (C=O) groups excluding carboxylic acids is 1. The number of ether oxygens (including phenoxy) is 1. The van der Waals surface area contributed by atoms with Gasteiger partial charge in [-0.1, -0.05) is 54.6 Å². The van der Waals surface area contributed by atoms with Gasteiger partial charge in [-0.3, -0.25) is 9.78 Å². The monoisotopic (exact) mass is 413 g/mol. The minimum Gasteiger partial charge on any atom is -0.461 e. The SMILES string of the molecule is Cc1cccc(CCCOC(=O)c2nn(Cc3ccccc3)c(=O)c3ccccc23)n1. The summed E-state index contributed by atoms with van der Waals surface area (Å²) in [5.74, 6) is -0.532. The van der Waals surface area contributed by atoms with Gasteiger partial charge in [-0.15, -0.1) is 0 Å². The molecule has 0 radical (unpaired) electrons. The van der Waals surface area contributed by atoms with Crippen LogP contribution in [0.25, 0.3) is 10.8 Å². The summed E-state index contributed by atoms with van der Waals surface area (Å²) in [7, 11) is 0. The lowest BCUT2D eigenvalue weighted by atomic mass is 10.1. The molecule has 0 saturated heterocycles. The molecule has 0 aliphatic heterocycles. The summed E-state index contributed by atoms with van der Waals surface area (Å²) in [6, 6.07) is 22.4. The third kappa shape index (κ3) is 4.86. The third-order valence-electron chi connectivity index (χ3n) is 4.99. The van der Waals surface area contributed by atoms with Crippen molar-refractivity contribution in [2.45, 2.75) is 26.3 Å². The van der Waals surface area contributed by atoms with Crippen molar-refractivity contribution in [3.8, 4) is 0 Å². The molecule has 2 aromatic heterocycles. The maximum atomic E-state index is 12.9. The molecule has 6 nitrogen and oxygen atoms in total. The van der Waals surface area contributed by atoms with Crippen LogP contribution in [0.15, 0.2) is 77.6 Å². The van der Waals surface area contributed by atoms with E-state index in [1.807, 2.05) is 55.5 Å². The number of aryl methyl sites for hydroxylation is 2. The smallest absolute Gasteiger partial charge is 0.359 e. The van der Waals surface area contributed by atoms with Gasteiger partial charge in [0.05, 0.1) is 18.5 Å². The van der Waals surface area contributed by atoms with Gasteiger partial charge >= 0.3 is 5.97 Å². The molecule has 0 fully saturated rings. The lowest BCUT2D eigenvalue weighted by Gasteiger charge is -2.11. The van der Waals surface area contributed by atoms with E-state index < -0.39 is 5.97 Å². The Balaban J connectivity index is 1.53. The highest BCUT2D eigenvalue weighted by Crippen LogP contribution is 2.15. The number of carbonyl (C=O) groups is 1. The Morgan fingerprint density at radius 2 is 1.68 bits per heavy atom. The van der Waals surface area contributed by atoms with Crippen LogP contribution in [0.3, 0.4) is 0 Å². The summed E-state index contributed by atoms with van der Waals surface area (Å²) < 4.78 is 6.81. The lowest BCUT2D eigenvalue weighted by Crippen LogP contribution is -2.27. The van der Waals surface area contributed by atoms with Crippen molar-refractivity contribution in [2.24, 2.45) is 0 Å². The summed E-state index contributed by atoms with van der Waals surface area (Å²) in [6.45, 7) is 2.48. The first kappa shape index (κ1) is 20.5. The second-order valence-corrected chi connectivity index (χ2v) is 7.35. The maximum Gasteiger partial charge on any atom is 0.359 e. The topological polar surface area (TPSA) is 74.1 Å². The van der Waals surface area contributed by atoms with E-state index in [1.54, 1.807) is 24.3 Å². The van der Waals surface area contributed by atoms with Crippen LogP contribution >= 0.6 is 0 Å². The summed E-state index contributed by atoms with van der Waals surface area (Å²) in [4.78, 5) is 30.2. The highest BCUT2D eigenvalue weighted by Gasteiger charge is 2.18. The molecule has 4 aromatic rings. The summed E-state index contributed by atoms with van der Waals surface area (Å²) in [5.41, 5.74) is 2.78. The van der Waals surface area contributed by atoms with E-state index in [-0.39, 0.29) is 24.4 Å². The first-order valence-electron chi connectivity index (χ1n) is 10.3. The standard InChI is InChI=1S/C25H23N3O3/c1-18-9-7-12-20(26-18)13-8-16-31-25(30)23-21-14-5-6-15-22(21)24(29)28(27-23)17-19-10-3-2-4-11-19/h2-7,9-12,14-15H,8,13,16-17H2,1H3. The number of benzene rings is 2. The molecule has 0 unspecified atom stereocenters. The van der Waals surface area contributed by atoms with Crippen LogP contribution in [0, 0.1) is 6.92 Å². The Hall–Kier alpha value is -3.80. The lowest BCUT2D eigenvalue weighted by molar-refractivity contribution is 0.0493. The average Bonchev–Trinajstić information content (AvgIpc) is 2.79. The molecular weight excluding hydrogens is 390 g/mol. The van der Waals surface area contributed by atoms with Crippen molar-refractivity contribution >= 4 is 16.7 Å². The number of fused-ring (bicyclic) bond motifs is 1. The van der Waals surface area contributed by atoms with E-state index in [4.69, 9.17) is 4.74 Å². The Bertz CT molecular complexity index is 1270. The van der Waals surface area contributed by atoms with E-state index in [2.05, 4.69) is 10.1 Å². The predicted molar refractivity (Wildman–Crippen MR) is 119 cm³/mol. The molecule has 0 N–H and O–H groups in total. The molecule has 31 heavy (non-hydrogen) atoms. The number of hydrogen-bond donors (Lipinski definition) is 0. The van der Waals surface area contributed by atoms with Gasteiger partial charge in [-0.2, -0.15) is 5.10 Å². The number of rotatable bonds is 7. The third-order valence-corrected chi connectivity index (χ3v) is 4.99. The van der Waals surface area contributed by atoms with Crippen LogP contribution in [0.5, 0.6) is 0 Å². The van der Waals surface area contributed by atoms with Gasteiger partial charge in [0.25, 0.3) is 5.56 Å². The molecule has 2 aromatic carbocycles. The van der Waals surface area contributed by atoms with Crippen LogP contribution < -0.4 is 5.56 Å². The Morgan fingerprint density at radius 3 is 2.45 bits per heavy atom. The first-order valence-corrected chi connectivity index (χ1v) is 10.3. The number of nitrogens with zero attached hydrogens (tertiary/aromatic N) is 3. The Morgan fingerprint density at radius 1 is 0.935 bits per heavy atom. The van der Waals surface area contributed by atoms with Crippen molar-refractivity contribution in [3.05, 3.63) is 106 Å². The Labute approximate surface area is 180 Å².